The van der Waals surface area contributed by atoms with E-state index in [1.165, 1.54) is 24.5 Å². The third-order valence-electron chi connectivity index (χ3n) is 7.41. The Morgan fingerprint density at radius 2 is 1.71 bits per heavy atom. The highest BCUT2D eigenvalue weighted by Gasteiger charge is 2.36. The number of halogens is 5. The van der Waals surface area contributed by atoms with Gasteiger partial charge in [-0.05, 0) is 44.3 Å². The maximum absolute atomic E-state index is 15.6. The van der Waals surface area contributed by atoms with Crippen LogP contribution in [0.15, 0.2) is 42.7 Å². The van der Waals surface area contributed by atoms with Gasteiger partial charge < -0.3 is 24.8 Å². The second-order valence-corrected chi connectivity index (χ2v) is 10.1. The SMILES string of the molecule is C[C@H]1CN(c2cc(F)c(-c3cnc(N4CCOCC4)nc3)cc2NC(=O)c2ccc(F)cc2C(F)(F)F)CCN1C. The Balaban J connectivity index is 1.52. The van der Waals surface area contributed by atoms with Gasteiger partial charge in [0.1, 0.15) is 11.6 Å². The van der Waals surface area contributed by atoms with Crippen LogP contribution in [0.4, 0.5) is 39.3 Å². The molecule has 1 aromatic heterocycles. The number of hydrogen-bond donors (Lipinski definition) is 1. The number of carbonyl (C=O) groups is 1. The van der Waals surface area contributed by atoms with Crippen molar-refractivity contribution in [1.82, 2.24) is 14.9 Å². The summed E-state index contributed by atoms with van der Waals surface area (Å²) in [6.07, 6.45) is -2.04. The first-order valence-corrected chi connectivity index (χ1v) is 13.1. The van der Waals surface area contributed by atoms with Crippen molar-refractivity contribution in [3.8, 4) is 11.1 Å². The molecule has 1 N–H and O–H groups in total. The number of hydrogen-bond acceptors (Lipinski definition) is 7. The first-order chi connectivity index (χ1) is 19.5. The minimum absolute atomic E-state index is 0.0647. The topological polar surface area (TPSA) is 73.8 Å². The van der Waals surface area contributed by atoms with Gasteiger partial charge in [0.15, 0.2) is 0 Å². The lowest BCUT2D eigenvalue weighted by molar-refractivity contribution is -0.138. The molecule has 2 aliphatic rings. The van der Waals surface area contributed by atoms with Gasteiger partial charge in [-0.3, -0.25) is 4.79 Å². The molecular formula is C28H29F5N6O2. The molecule has 2 saturated heterocycles. The van der Waals surface area contributed by atoms with Gasteiger partial charge in [0.05, 0.1) is 35.7 Å². The number of carbonyl (C=O) groups excluding carboxylic acids is 1. The lowest BCUT2D eigenvalue weighted by atomic mass is 10.0. The number of rotatable bonds is 5. The van der Waals surface area contributed by atoms with E-state index in [9.17, 15) is 22.4 Å². The van der Waals surface area contributed by atoms with Crippen molar-refractivity contribution in [2.45, 2.75) is 19.1 Å². The largest absolute Gasteiger partial charge is 0.417 e. The number of aromatic nitrogens is 2. The molecule has 3 heterocycles. The van der Waals surface area contributed by atoms with E-state index in [0.717, 1.165) is 12.1 Å². The van der Waals surface area contributed by atoms with E-state index in [4.69, 9.17) is 4.74 Å². The zero-order valence-electron chi connectivity index (χ0n) is 22.5. The first-order valence-electron chi connectivity index (χ1n) is 13.1. The highest BCUT2D eigenvalue weighted by atomic mass is 19.4. The molecule has 1 atom stereocenters. The summed E-state index contributed by atoms with van der Waals surface area (Å²) in [5.74, 6) is -2.36. The summed E-state index contributed by atoms with van der Waals surface area (Å²) in [6.45, 7) is 5.97. The maximum Gasteiger partial charge on any atom is 0.417 e. The molecule has 1 amide bonds. The minimum atomic E-state index is -4.96. The molecule has 0 aliphatic carbocycles. The minimum Gasteiger partial charge on any atom is -0.378 e. The Kier molecular flexibility index (Phi) is 8.09. The van der Waals surface area contributed by atoms with Crippen molar-refractivity contribution in [2.75, 3.05) is 68.1 Å². The summed E-state index contributed by atoms with van der Waals surface area (Å²) in [4.78, 5) is 27.9. The van der Waals surface area contributed by atoms with Crippen molar-refractivity contribution in [2.24, 2.45) is 0 Å². The fraction of sp³-hybridized carbons (Fsp3) is 0.393. The summed E-state index contributed by atoms with van der Waals surface area (Å²) >= 11 is 0. The highest BCUT2D eigenvalue weighted by Crippen LogP contribution is 2.37. The Hall–Kier alpha value is -3.84. The van der Waals surface area contributed by atoms with E-state index in [1.807, 2.05) is 23.8 Å². The zero-order valence-corrected chi connectivity index (χ0v) is 22.5. The summed E-state index contributed by atoms with van der Waals surface area (Å²) in [5.41, 5.74) is -1.33. The van der Waals surface area contributed by atoms with E-state index in [-0.39, 0.29) is 23.4 Å². The molecule has 2 fully saturated rings. The van der Waals surface area contributed by atoms with Crippen LogP contribution in [0.5, 0.6) is 0 Å². The van der Waals surface area contributed by atoms with Crippen LogP contribution in [-0.4, -0.2) is 79.8 Å². The summed E-state index contributed by atoms with van der Waals surface area (Å²) in [7, 11) is 1.96. The zero-order chi connectivity index (χ0) is 29.3. The Bertz CT molecular complexity index is 1410. The third-order valence-corrected chi connectivity index (χ3v) is 7.41. The van der Waals surface area contributed by atoms with E-state index in [2.05, 4.69) is 20.2 Å². The Morgan fingerprint density at radius 1 is 1.00 bits per heavy atom. The number of nitrogens with one attached hydrogen (secondary N) is 1. The number of amides is 1. The van der Waals surface area contributed by atoms with Crippen molar-refractivity contribution in [3.63, 3.8) is 0 Å². The van der Waals surface area contributed by atoms with E-state index >= 15 is 4.39 Å². The van der Waals surface area contributed by atoms with Crippen molar-refractivity contribution >= 4 is 23.2 Å². The number of morpholine rings is 1. The van der Waals surface area contributed by atoms with Crippen LogP contribution in [0.1, 0.15) is 22.8 Å². The molecule has 0 saturated carbocycles. The van der Waals surface area contributed by atoms with Crippen molar-refractivity contribution < 1.29 is 31.5 Å². The fourth-order valence-corrected chi connectivity index (χ4v) is 4.94. The molecule has 0 spiro atoms. The molecule has 3 aromatic rings. The standard InChI is InChI=1S/C28H29F5N6O2/c1-17-16-39(6-5-37(17)2)25-13-23(30)21(18-14-34-27(35-15-18)38-7-9-41-10-8-38)12-24(25)36-26(40)20-4-3-19(29)11-22(20)28(31,32)33/h3-4,11-15,17H,5-10,16H2,1-2H3,(H,36,40)/t17-/m0/s1. The van der Waals surface area contributed by atoms with E-state index in [0.29, 0.717) is 63.1 Å². The molecule has 218 valence electrons. The Labute approximate surface area is 233 Å². The van der Waals surface area contributed by atoms with Crippen LogP contribution < -0.4 is 15.1 Å². The second kappa shape index (κ2) is 11.6. The normalized spacial score (nSPS) is 18.5. The Morgan fingerprint density at radius 3 is 2.37 bits per heavy atom. The lowest BCUT2D eigenvalue weighted by Gasteiger charge is -2.39. The summed E-state index contributed by atoms with van der Waals surface area (Å²) in [5, 5.41) is 2.54. The van der Waals surface area contributed by atoms with Gasteiger partial charge in [-0.1, -0.05) is 0 Å². The molecule has 8 nitrogen and oxygen atoms in total. The van der Waals surface area contributed by atoms with Gasteiger partial charge in [-0.2, -0.15) is 13.2 Å². The van der Waals surface area contributed by atoms with Gasteiger partial charge in [-0.15, -0.1) is 0 Å². The predicted molar refractivity (Wildman–Crippen MR) is 144 cm³/mol. The second-order valence-electron chi connectivity index (χ2n) is 10.1. The molecule has 41 heavy (non-hydrogen) atoms. The van der Waals surface area contributed by atoms with Crippen LogP contribution in [0.2, 0.25) is 0 Å². The van der Waals surface area contributed by atoms with Crippen molar-refractivity contribution in [3.05, 3.63) is 65.5 Å². The average molecular weight is 577 g/mol. The molecule has 2 aliphatic heterocycles. The molecule has 13 heteroatoms. The van der Waals surface area contributed by atoms with Gasteiger partial charge >= 0.3 is 6.18 Å². The van der Waals surface area contributed by atoms with Gasteiger partial charge in [-0.25, -0.2) is 18.7 Å². The monoisotopic (exact) mass is 576 g/mol. The third kappa shape index (κ3) is 6.25. The molecular weight excluding hydrogens is 547 g/mol. The van der Waals surface area contributed by atoms with Crippen LogP contribution in [-0.2, 0) is 10.9 Å². The van der Waals surface area contributed by atoms with Crippen molar-refractivity contribution in [1.29, 1.82) is 0 Å². The molecule has 5 rings (SSSR count). The quantitative estimate of drug-likeness (QED) is 0.443. The maximum atomic E-state index is 15.6. The lowest BCUT2D eigenvalue weighted by Crippen LogP contribution is -2.50. The van der Waals surface area contributed by atoms with Gasteiger partial charge in [0.2, 0.25) is 5.95 Å². The number of piperazine rings is 1. The first kappa shape index (κ1) is 28.7. The number of benzene rings is 2. The van der Waals surface area contributed by atoms with Crippen LogP contribution in [0, 0.1) is 11.6 Å². The molecule has 2 aromatic carbocycles. The number of alkyl halides is 3. The van der Waals surface area contributed by atoms with Crippen LogP contribution in [0.25, 0.3) is 11.1 Å². The fourth-order valence-electron chi connectivity index (χ4n) is 4.94. The number of nitrogens with zero attached hydrogens (tertiary/aromatic N) is 5. The molecule has 0 radical (unpaired) electrons. The average Bonchev–Trinajstić information content (AvgIpc) is 2.95. The molecule has 0 bridgehead atoms. The molecule has 0 unspecified atom stereocenters. The smallest absolute Gasteiger partial charge is 0.378 e. The highest BCUT2D eigenvalue weighted by molar-refractivity contribution is 6.07. The van der Waals surface area contributed by atoms with E-state index < -0.39 is 34.8 Å². The van der Waals surface area contributed by atoms with Crippen LogP contribution >= 0.6 is 0 Å². The number of ether oxygens (including phenoxy) is 1. The number of likely N-dealkylation sites (N-methyl/N-ethyl adjacent to an activating group) is 1. The van der Waals surface area contributed by atoms with Gasteiger partial charge in [0, 0.05) is 62.3 Å². The van der Waals surface area contributed by atoms with Gasteiger partial charge in [0.25, 0.3) is 5.91 Å². The predicted octanol–water partition coefficient (Wildman–Crippen LogP) is 4.67. The van der Waals surface area contributed by atoms with Crippen LogP contribution in [0.3, 0.4) is 0 Å². The summed E-state index contributed by atoms with van der Waals surface area (Å²) in [6, 6.07) is 4.58. The van der Waals surface area contributed by atoms with E-state index in [1.54, 1.807) is 0 Å². The number of anilines is 3. The summed E-state index contributed by atoms with van der Waals surface area (Å²) < 4.78 is 75.6.